The molecule has 31 heavy (non-hydrogen) atoms. The summed E-state index contributed by atoms with van der Waals surface area (Å²) >= 11 is 3.33. The van der Waals surface area contributed by atoms with Crippen LogP contribution in [0, 0.1) is 6.92 Å². The average molecular weight is 457 g/mol. The predicted octanol–water partition coefficient (Wildman–Crippen LogP) is 5.70. The van der Waals surface area contributed by atoms with Crippen LogP contribution in [-0.2, 0) is 9.53 Å². The second-order valence-electron chi connectivity index (χ2n) is 7.73. The maximum Gasteiger partial charge on any atom is 0.228 e. The Morgan fingerprint density at radius 2 is 2.13 bits per heavy atom. The first-order valence-corrected chi connectivity index (χ1v) is 12.5. The smallest absolute Gasteiger partial charge is 0.228 e. The molecule has 5 nitrogen and oxygen atoms in total. The van der Waals surface area contributed by atoms with Crippen LogP contribution < -0.4 is 9.64 Å². The fourth-order valence-electron chi connectivity index (χ4n) is 3.60. The monoisotopic (exact) mass is 456 g/mol. The molecule has 1 saturated heterocycles. The number of hydrogen-bond acceptors (Lipinski definition) is 6. The van der Waals surface area contributed by atoms with Gasteiger partial charge in [-0.2, -0.15) is 0 Å². The number of carbonyl (C=O) groups is 1. The summed E-state index contributed by atoms with van der Waals surface area (Å²) in [5.74, 6) is 1.83. The van der Waals surface area contributed by atoms with Crippen LogP contribution in [0.5, 0.6) is 5.75 Å². The molecule has 0 N–H and O–H groups in total. The Morgan fingerprint density at radius 1 is 1.29 bits per heavy atom. The van der Waals surface area contributed by atoms with Gasteiger partial charge in [-0.05, 0) is 62.3 Å². The lowest BCUT2D eigenvalue weighted by Crippen LogP contribution is -2.37. The Bertz CT molecular complexity index is 1010. The summed E-state index contributed by atoms with van der Waals surface area (Å²) in [5, 5.41) is 0.745. The number of benzene rings is 2. The number of ether oxygens (including phenoxy) is 2. The third kappa shape index (κ3) is 5.79. The number of aromatic nitrogens is 1. The van der Waals surface area contributed by atoms with Crippen molar-refractivity contribution in [2.75, 3.05) is 30.9 Å². The molecule has 1 atom stereocenters. The van der Waals surface area contributed by atoms with Crippen LogP contribution in [0.3, 0.4) is 0 Å². The third-order valence-electron chi connectivity index (χ3n) is 5.35. The molecular weight excluding hydrogens is 428 g/mol. The fraction of sp³-hybridized carbons (Fsp3) is 0.417. The second-order valence-corrected chi connectivity index (χ2v) is 9.91. The Balaban J connectivity index is 1.42. The number of nitrogens with zero attached hydrogens (tertiary/aromatic N) is 2. The molecule has 2 heterocycles. The van der Waals surface area contributed by atoms with E-state index >= 15 is 0 Å². The Morgan fingerprint density at radius 3 is 2.87 bits per heavy atom. The molecular formula is C24H28N2O3S2. The molecule has 7 heteroatoms. The quantitative estimate of drug-likeness (QED) is 0.305. The number of methoxy groups -OCH3 is 1. The zero-order valence-electron chi connectivity index (χ0n) is 18.0. The molecule has 3 aromatic rings. The van der Waals surface area contributed by atoms with Gasteiger partial charge in [-0.15, -0.1) is 11.8 Å². The van der Waals surface area contributed by atoms with Crippen molar-refractivity contribution in [2.45, 2.75) is 43.6 Å². The van der Waals surface area contributed by atoms with E-state index in [1.54, 1.807) is 18.9 Å². The number of hydrogen-bond donors (Lipinski definition) is 0. The fourth-order valence-corrected chi connectivity index (χ4v) is 5.47. The number of rotatable bonds is 9. The zero-order chi connectivity index (χ0) is 21.6. The van der Waals surface area contributed by atoms with Crippen molar-refractivity contribution in [2.24, 2.45) is 0 Å². The molecule has 0 aliphatic carbocycles. The van der Waals surface area contributed by atoms with Crippen LogP contribution in [0.4, 0.5) is 5.13 Å². The Kier molecular flexibility index (Phi) is 7.48. The van der Waals surface area contributed by atoms with Gasteiger partial charge in [0.1, 0.15) is 5.75 Å². The van der Waals surface area contributed by atoms with E-state index in [0.717, 1.165) is 52.7 Å². The molecule has 1 fully saturated rings. The minimum atomic E-state index is 0.0902. The number of fused-ring (bicyclic) bond motifs is 1. The summed E-state index contributed by atoms with van der Waals surface area (Å²) in [6, 6.07) is 14.4. The first-order chi connectivity index (χ1) is 15.1. The number of carbonyl (C=O) groups excluding carboxylic acids is 1. The van der Waals surface area contributed by atoms with Gasteiger partial charge in [-0.1, -0.05) is 29.0 Å². The van der Waals surface area contributed by atoms with Crippen molar-refractivity contribution in [1.82, 2.24) is 4.98 Å². The van der Waals surface area contributed by atoms with E-state index in [4.69, 9.17) is 14.5 Å². The van der Waals surface area contributed by atoms with E-state index in [1.165, 1.54) is 21.8 Å². The standard InChI is InChI=1S/C24H28N2O3S2/c1-17-7-10-20(11-8-17)30-14-4-6-23(27)26(16-19-5-3-13-29-19)24-25-21-12-9-18(28-2)15-22(21)31-24/h7-12,15,19H,3-6,13-14,16H2,1-2H3. The van der Waals surface area contributed by atoms with E-state index in [9.17, 15) is 4.79 Å². The Hall–Kier alpha value is -2.09. The van der Waals surface area contributed by atoms with Gasteiger partial charge in [0.2, 0.25) is 5.91 Å². The SMILES string of the molecule is COc1ccc2nc(N(CC3CCCO3)C(=O)CCCSc3ccc(C)cc3)sc2c1. The average Bonchev–Trinajstić information content (AvgIpc) is 3.45. The molecule has 1 aromatic heterocycles. The highest BCUT2D eigenvalue weighted by Gasteiger charge is 2.26. The maximum absolute atomic E-state index is 13.2. The summed E-state index contributed by atoms with van der Waals surface area (Å²) in [6.07, 6.45) is 3.47. The van der Waals surface area contributed by atoms with Gasteiger partial charge in [0, 0.05) is 17.9 Å². The molecule has 1 amide bonds. The van der Waals surface area contributed by atoms with E-state index in [-0.39, 0.29) is 12.0 Å². The molecule has 4 rings (SSSR count). The molecule has 1 aliphatic rings. The van der Waals surface area contributed by atoms with Crippen molar-refractivity contribution in [3.63, 3.8) is 0 Å². The first-order valence-electron chi connectivity index (χ1n) is 10.7. The van der Waals surface area contributed by atoms with Gasteiger partial charge in [0.25, 0.3) is 0 Å². The number of thioether (sulfide) groups is 1. The van der Waals surface area contributed by atoms with Gasteiger partial charge >= 0.3 is 0 Å². The van der Waals surface area contributed by atoms with E-state index in [0.29, 0.717) is 13.0 Å². The van der Waals surface area contributed by atoms with Gasteiger partial charge < -0.3 is 9.47 Å². The summed E-state index contributed by atoms with van der Waals surface area (Å²) in [4.78, 5) is 21.0. The highest BCUT2D eigenvalue weighted by Crippen LogP contribution is 2.33. The van der Waals surface area contributed by atoms with Crippen molar-refractivity contribution in [1.29, 1.82) is 0 Å². The van der Waals surface area contributed by atoms with Gasteiger partial charge in [-0.25, -0.2) is 4.98 Å². The number of aryl methyl sites for hydroxylation is 1. The van der Waals surface area contributed by atoms with Crippen molar-refractivity contribution in [3.8, 4) is 5.75 Å². The van der Waals surface area contributed by atoms with Gasteiger partial charge in [0.05, 0.1) is 30.0 Å². The molecule has 1 unspecified atom stereocenters. The summed E-state index contributed by atoms with van der Waals surface area (Å²) in [5.41, 5.74) is 2.15. The third-order valence-corrected chi connectivity index (χ3v) is 7.49. The largest absolute Gasteiger partial charge is 0.497 e. The van der Waals surface area contributed by atoms with Crippen LogP contribution >= 0.6 is 23.1 Å². The van der Waals surface area contributed by atoms with Crippen LogP contribution in [0.1, 0.15) is 31.2 Å². The summed E-state index contributed by atoms with van der Waals surface area (Å²) in [7, 11) is 1.66. The van der Waals surface area contributed by atoms with E-state index < -0.39 is 0 Å². The van der Waals surface area contributed by atoms with Crippen molar-refractivity contribution >= 4 is 44.4 Å². The lowest BCUT2D eigenvalue weighted by Gasteiger charge is -2.23. The molecule has 2 aromatic carbocycles. The normalized spacial score (nSPS) is 16.0. The molecule has 1 aliphatic heterocycles. The first kappa shape index (κ1) is 22.1. The van der Waals surface area contributed by atoms with Crippen LogP contribution in [0.15, 0.2) is 47.4 Å². The molecule has 164 valence electrons. The van der Waals surface area contributed by atoms with Crippen molar-refractivity contribution in [3.05, 3.63) is 48.0 Å². The van der Waals surface area contributed by atoms with Crippen LogP contribution in [0.2, 0.25) is 0 Å². The minimum Gasteiger partial charge on any atom is -0.497 e. The number of amides is 1. The topological polar surface area (TPSA) is 51.7 Å². The number of thiazole rings is 1. The Labute approximate surface area is 191 Å². The summed E-state index contributed by atoms with van der Waals surface area (Å²) in [6.45, 7) is 3.44. The predicted molar refractivity (Wildman–Crippen MR) is 129 cm³/mol. The lowest BCUT2D eigenvalue weighted by molar-refractivity contribution is -0.119. The molecule has 0 saturated carbocycles. The zero-order valence-corrected chi connectivity index (χ0v) is 19.6. The number of anilines is 1. The van der Waals surface area contributed by atoms with E-state index in [2.05, 4.69) is 31.2 Å². The van der Waals surface area contributed by atoms with Crippen LogP contribution in [-0.4, -0.2) is 43.0 Å². The van der Waals surface area contributed by atoms with Gasteiger partial charge in [-0.3, -0.25) is 9.69 Å². The van der Waals surface area contributed by atoms with Crippen LogP contribution in [0.25, 0.3) is 10.2 Å². The summed E-state index contributed by atoms with van der Waals surface area (Å²) < 4.78 is 12.2. The molecule has 0 radical (unpaired) electrons. The second kappa shape index (κ2) is 10.5. The van der Waals surface area contributed by atoms with E-state index in [1.807, 2.05) is 23.1 Å². The van der Waals surface area contributed by atoms with Crippen molar-refractivity contribution < 1.29 is 14.3 Å². The molecule has 0 bridgehead atoms. The molecule has 0 spiro atoms. The minimum absolute atomic E-state index is 0.0902. The van der Waals surface area contributed by atoms with Gasteiger partial charge in [0.15, 0.2) is 5.13 Å². The maximum atomic E-state index is 13.2. The lowest BCUT2D eigenvalue weighted by atomic mass is 10.2. The highest BCUT2D eigenvalue weighted by atomic mass is 32.2. The highest BCUT2D eigenvalue weighted by molar-refractivity contribution is 7.99.